The summed E-state index contributed by atoms with van der Waals surface area (Å²) in [7, 11) is 1.41. The average molecular weight is 341 g/mol. The molecule has 3 rings (SSSR count). The third-order valence-electron chi connectivity index (χ3n) is 4.43. The highest BCUT2D eigenvalue weighted by atomic mass is 16.5. The van der Waals surface area contributed by atoms with E-state index in [2.05, 4.69) is 18.1 Å². The number of methoxy groups -OCH3 is 1. The van der Waals surface area contributed by atoms with Gasteiger partial charge in [-0.25, -0.2) is 9.67 Å². The number of aliphatic imine (C=N–C) groups is 1. The van der Waals surface area contributed by atoms with E-state index in [1.165, 1.54) is 7.11 Å². The molecule has 2 heterocycles. The minimum Gasteiger partial charge on any atom is -0.478 e. The lowest BCUT2D eigenvalue weighted by Gasteiger charge is -2.26. The van der Waals surface area contributed by atoms with Crippen molar-refractivity contribution in [3.8, 4) is 5.69 Å². The highest BCUT2D eigenvalue weighted by Gasteiger charge is 2.42. The second kappa shape index (κ2) is 7.09. The largest absolute Gasteiger partial charge is 0.478 e. The molecule has 1 aromatic heterocycles. The summed E-state index contributed by atoms with van der Waals surface area (Å²) in [6.45, 7) is 4.55. The summed E-state index contributed by atoms with van der Waals surface area (Å²) in [5.41, 5.74) is 2.22. The Morgan fingerprint density at radius 1 is 1.32 bits per heavy atom. The molecule has 1 aromatic carbocycles. The molecule has 1 unspecified atom stereocenters. The van der Waals surface area contributed by atoms with Crippen molar-refractivity contribution in [1.82, 2.24) is 9.78 Å². The van der Waals surface area contributed by atoms with Crippen LogP contribution in [0.15, 0.2) is 41.7 Å². The van der Waals surface area contributed by atoms with Crippen molar-refractivity contribution < 1.29 is 14.3 Å². The molecule has 0 fully saturated rings. The van der Waals surface area contributed by atoms with E-state index in [1.807, 2.05) is 31.3 Å². The fraction of sp³-hybridized carbons (Fsp3) is 0.421. The summed E-state index contributed by atoms with van der Waals surface area (Å²) in [6.07, 6.45) is 5.47. The van der Waals surface area contributed by atoms with E-state index >= 15 is 0 Å². The SMILES string of the molecule is CCCC1(CC(=O)OC)N=C(OCC)c2ccc(-n3cccn3)cc21. The minimum atomic E-state index is -0.648. The van der Waals surface area contributed by atoms with Crippen molar-refractivity contribution in [1.29, 1.82) is 0 Å². The number of ether oxygens (including phenoxy) is 2. The second-order valence-corrected chi connectivity index (χ2v) is 6.06. The summed E-state index contributed by atoms with van der Waals surface area (Å²) in [5, 5.41) is 4.29. The molecule has 1 aliphatic rings. The van der Waals surface area contributed by atoms with Crippen LogP contribution >= 0.6 is 0 Å². The summed E-state index contributed by atoms with van der Waals surface area (Å²) >= 11 is 0. The number of fused-ring (bicyclic) bond motifs is 1. The Kier molecular flexibility index (Phi) is 4.88. The Labute approximate surface area is 147 Å². The highest BCUT2D eigenvalue weighted by molar-refractivity contribution is 6.00. The normalized spacial score (nSPS) is 18.6. The van der Waals surface area contributed by atoms with E-state index in [4.69, 9.17) is 14.5 Å². The van der Waals surface area contributed by atoms with Gasteiger partial charge in [0.05, 0.1) is 25.8 Å². The molecule has 0 aliphatic carbocycles. The topological polar surface area (TPSA) is 65.7 Å². The van der Waals surface area contributed by atoms with Gasteiger partial charge in [-0.1, -0.05) is 13.3 Å². The van der Waals surface area contributed by atoms with Gasteiger partial charge in [0.15, 0.2) is 0 Å². The lowest BCUT2D eigenvalue weighted by Crippen LogP contribution is -2.26. The van der Waals surface area contributed by atoms with Gasteiger partial charge in [-0.3, -0.25) is 4.79 Å². The van der Waals surface area contributed by atoms with E-state index < -0.39 is 5.54 Å². The molecule has 6 heteroatoms. The van der Waals surface area contributed by atoms with Crippen LogP contribution in [0.1, 0.15) is 44.2 Å². The van der Waals surface area contributed by atoms with Gasteiger partial charge in [0.2, 0.25) is 5.90 Å². The summed E-state index contributed by atoms with van der Waals surface area (Å²) in [6, 6.07) is 7.91. The summed E-state index contributed by atoms with van der Waals surface area (Å²) in [4.78, 5) is 16.9. The predicted octanol–water partition coefficient (Wildman–Crippen LogP) is 3.23. The van der Waals surface area contributed by atoms with Gasteiger partial charge >= 0.3 is 5.97 Å². The number of aromatic nitrogens is 2. The van der Waals surface area contributed by atoms with E-state index in [0.717, 1.165) is 29.7 Å². The van der Waals surface area contributed by atoms with Crippen molar-refractivity contribution in [3.63, 3.8) is 0 Å². The number of hydrogen-bond donors (Lipinski definition) is 0. The van der Waals surface area contributed by atoms with Gasteiger partial charge in [-0.2, -0.15) is 5.10 Å². The molecule has 6 nitrogen and oxygen atoms in total. The summed E-state index contributed by atoms with van der Waals surface area (Å²) in [5.74, 6) is 0.326. The zero-order chi connectivity index (χ0) is 17.9. The first kappa shape index (κ1) is 17.2. The predicted molar refractivity (Wildman–Crippen MR) is 94.9 cm³/mol. The van der Waals surface area contributed by atoms with Crippen LogP contribution in [-0.2, 0) is 19.8 Å². The maximum absolute atomic E-state index is 12.1. The summed E-state index contributed by atoms with van der Waals surface area (Å²) < 4.78 is 12.5. The van der Waals surface area contributed by atoms with Gasteiger partial charge < -0.3 is 9.47 Å². The molecular weight excluding hydrogens is 318 g/mol. The van der Waals surface area contributed by atoms with Crippen molar-refractivity contribution in [2.24, 2.45) is 4.99 Å². The molecule has 0 N–H and O–H groups in total. The minimum absolute atomic E-state index is 0.198. The maximum Gasteiger partial charge on any atom is 0.308 e. The number of carbonyl (C=O) groups excluding carboxylic acids is 1. The number of carbonyl (C=O) groups is 1. The van der Waals surface area contributed by atoms with Crippen LogP contribution in [0.5, 0.6) is 0 Å². The molecule has 0 saturated carbocycles. The maximum atomic E-state index is 12.1. The number of nitrogens with zero attached hydrogens (tertiary/aromatic N) is 3. The van der Waals surface area contributed by atoms with Crippen LogP contribution in [0, 0.1) is 0 Å². The highest BCUT2D eigenvalue weighted by Crippen LogP contribution is 2.43. The fourth-order valence-corrected chi connectivity index (χ4v) is 3.37. The lowest BCUT2D eigenvalue weighted by molar-refractivity contribution is -0.142. The van der Waals surface area contributed by atoms with E-state index in [9.17, 15) is 4.79 Å². The van der Waals surface area contributed by atoms with E-state index in [0.29, 0.717) is 12.5 Å². The van der Waals surface area contributed by atoms with E-state index in [-0.39, 0.29) is 12.4 Å². The number of hydrogen-bond acceptors (Lipinski definition) is 5. The third kappa shape index (κ3) is 3.16. The van der Waals surface area contributed by atoms with Gasteiger partial charge in [0.1, 0.15) is 5.54 Å². The Bertz CT molecular complexity index is 783. The first-order valence-corrected chi connectivity index (χ1v) is 8.58. The van der Waals surface area contributed by atoms with Crippen molar-refractivity contribution in [2.45, 2.75) is 38.6 Å². The third-order valence-corrected chi connectivity index (χ3v) is 4.43. The Morgan fingerprint density at radius 3 is 2.80 bits per heavy atom. The van der Waals surface area contributed by atoms with Gasteiger partial charge in [-0.15, -0.1) is 0 Å². The van der Waals surface area contributed by atoms with Crippen molar-refractivity contribution >= 4 is 11.9 Å². The molecule has 2 aromatic rings. The van der Waals surface area contributed by atoms with Crippen LogP contribution in [-0.4, -0.2) is 35.4 Å². The van der Waals surface area contributed by atoms with Crippen molar-refractivity contribution in [2.75, 3.05) is 13.7 Å². The molecular formula is C19H23N3O3. The zero-order valence-corrected chi connectivity index (χ0v) is 14.9. The number of benzene rings is 1. The molecule has 0 bridgehead atoms. The molecule has 0 radical (unpaired) electrons. The molecule has 0 saturated heterocycles. The monoisotopic (exact) mass is 341 g/mol. The molecule has 25 heavy (non-hydrogen) atoms. The average Bonchev–Trinajstić information content (AvgIpc) is 3.23. The van der Waals surface area contributed by atoms with Gasteiger partial charge in [0.25, 0.3) is 0 Å². The van der Waals surface area contributed by atoms with Crippen molar-refractivity contribution in [3.05, 3.63) is 47.8 Å². The zero-order valence-electron chi connectivity index (χ0n) is 14.9. The van der Waals surface area contributed by atoms with Gasteiger partial charge in [-0.05, 0) is 43.2 Å². The molecule has 1 aliphatic heterocycles. The first-order valence-electron chi connectivity index (χ1n) is 8.58. The second-order valence-electron chi connectivity index (χ2n) is 6.06. The van der Waals surface area contributed by atoms with Crippen LogP contribution in [0.3, 0.4) is 0 Å². The van der Waals surface area contributed by atoms with Crippen LogP contribution < -0.4 is 0 Å². The van der Waals surface area contributed by atoms with Crippen LogP contribution in [0.25, 0.3) is 5.69 Å². The molecule has 132 valence electrons. The fourth-order valence-electron chi connectivity index (χ4n) is 3.37. The van der Waals surface area contributed by atoms with Crippen LogP contribution in [0.4, 0.5) is 0 Å². The Hall–Kier alpha value is -2.63. The van der Waals surface area contributed by atoms with Crippen LogP contribution in [0.2, 0.25) is 0 Å². The smallest absolute Gasteiger partial charge is 0.308 e. The lowest BCUT2D eigenvalue weighted by atomic mass is 9.82. The quantitative estimate of drug-likeness (QED) is 0.757. The number of esters is 1. The van der Waals surface area contributed by atoms with Gasteiger partial charge in [0, 0.05) is 18.0 Å². The standard InChI is InChI=1S/C19H23N3O3/c1-4-9-19(13-17(23)24-3)16-12-14(22-11-6-10-20-22)7-8-15(16)18(21-19)25-5-2/h6-8,10-12H,4-5,9,13H2,1-3H3. The first-order chi connectivity index (χ1) is 12.1. The Balaban J connectivity index is 2.12. The molecule has 0 amide bonds. The van der Waals surface area contributed by atoms with E-state index in [1.54, 1.807) is 10.9 Å². The number of rotatable bonds is 6. The Morgan fingerprint density at radius 2 is 2.16 bits per heavy atom. The molecule has 1 atom stereocenters. The molecule has 0 spiro atoms.